The Kier molecular flexibility index (Phi) is 5.91. The monoisotopic (exact) mass is 250 g/mol. The Morgan fingerprint density at radius 2 is 1.00 bits per heavy atom. The van der Waals surface area contributed by atoms with Gasteiger partial charge in [-0.25, -0.2) is 0 Å². The van der Waals surface area contributed by atoms with Crippen LogP contribution in [-0.2, 0) is 9.59 Å². The van der Waals surface area contributed by atoms with Gasteiger partial charge in [-0.1, -0.05) is 49.2 Å². The second-order valence-corrected chi connectivity index (χ2v) is 4.33. The minimum atomic E-state index is -0.970. The van der Waals surface area contributed by atoms with E-state index in [-0.39, 0.29) is 0 Å². The second kappa shape index (κ2) is 7.48. The zero-order chi connectivity index (χ0) is 13.4. The molecule has 1 aliphatic carbocycles. The molecule has 2 atom stereocenters. The summed E-state index contributed by atoms with van der Waals surface area (Å²) in [5.74, 6) is -3.28. The molecule has 0 radical (unpaired) electrons. The van der Waals surface area contributed by atoms with Crippen molar-refractivity contribution >= 4 is 11.9 Å². The van der Waals surface area contributed by atoms with Crippen molar-refractivity contribution in [3.05, 3.63) is 36.4 Å². The molecule has 1 saturated carbocycles. The summed E-state index contributed by atoms with van der Waals surface area (Å²) in [4.78, 5) is 21.2. The van der Waals surface area contributed by atoms with Crippen LogP contribution in [0.15, 0.2) is 36.4 Å². The maximum Gasteiger partial charge on any atom is 0.307 e. The van der Waals surface area contributed by atoms with Crippen LogP contribution in [0.2, 0.25) is 0 Å². The number of carboxylic acid groups (broad SMARTS) is 2. The molecule has 0 amide bonds. The summed E-state index contributed by atoms with van der Waals surface area (Å²) >= 11 is 0. The Balaban J connectivity index is 0.000000225. The summed E-state index contributed by atoms with van der Waals surface area (Å²) in [6.45, 7) is 0. The Morgan fingerprint density at radius 3 is 1.22 bits per heavy atom. The number of carbonyl (C=O) groups is 2. The zero-order valence-electron chi connectivity index (χ0n) is 10.2. The van der Waals surface area contributed by atoms with E-state index in [1.54, 1.807) is 0 Å². The van der Waals surface area contributed by atoms with Crippen LogP contribution in [0.5, 0.6) is 0 Å². The van der Waals surface area contributed by atoms with Crippen LogP contribution >= 0.6 is 0 Å². The lowest BCUT2D eigenvalue weighted by Crippen LogP contribution is -2.32. The van der Waals surface area contributed by atoms with E-state index in [0.717, 1.165) is 12.8 Å². The third kappa shape index (κ3) is 4.57. The van der Waals surface area contributed by atoms with Crippen molar-refractivity contribution in [3.8, 4) is 0 Å². The number of carboxylic acids is 2. The Labute approximate surface area is 106 Å². The topological polar surface area (TPSA) is 74.6 Å². The van der Waals surface area contributed by atoms with Crippen LogP contribution in [0.3, 0.4) is 0 Å². The molecule has 0 aliphatic heterocycles. The number of rotatable bonds is 2. The Bertz CT molecular complexity index is 326. The van der Waals surface area contributed by atoms with Crippen molar-refractivity contribution in [1.82, 2.24) is 0 Å². The molecular weight excluding hydrogens is 232 g/mol. The molecule has 2 N–H and O–H groups in total. The van der Waals surface area contributed by atoms with Gasteiger partial charge in [0, 0.05) is 0 Å². The third-order valence-electron chi connectivity index (χ3n) is 3.07. The second-order valence-electron chi connectivity index (χ2n) is 4.33. The highest BCUT2D eigenvalue weighted by Gasteiger charge is 2.35. The highest BCUT2D eigenvalue weighted by Crippen LogP contribution is 2.30. The summed E-state index contributed by atoms with van der Waals surface area (Å²) in [5.41, 5.74) is 0. The Morgan fingerprint density at radius 1 is 0.722 bits per heavy atom. The lowest BCUT2D eigenvalue weighted by atomic mass is 9.79. The molecule has 98 valence electrons. The van der Waals surface area contributed by atoms with Gasteiger partial charge in [0.2, 0.25) is 0 Å². The van der Waals surface area contributed by atoms with E-state index in [1.807, 2.05) is 36.4 Å². The summed E-state index contributed by atoms with van der Waals surface area (Å²) < 4.78 is 0. The van der Waals surface area contributed by atoms with Gasteiger partial charge < -0.3 is 10.2 Å². The number of benzene rings is 1. The molecule has 1 unspecified atom stereocenters. The highest BCUT2D eigenvalue weighted by molar-refractivity contribution is 5.80. The number of hydrogen-bond acceptors (Lipinski definition) is 2. The van der Waals surface area contributed by atoms with E-state index in [0.29, 0.717) is 12.8 Å². The Hall–Kier alpha value is -1.84. The van der Waals surface area contributed by atoms with Crippen molar-refractivity contribution in [2.75, 3.05) is 0 Å². The van der Waals surface area contributed by atoms with E-state index in [9.17, 15) is 9.59 Å². The first-order chi connectivity index (χ1) is 8.63. The van der Waals surface area contributed by atoms with Crippen molar-refractivity contribution in [1.29, 1.82) is 0 Å². The molecule has 1 aromatic rings. The molecule has 1 aromatic carbocycles. The van der Waals surface area contributed by atoms with E-state index < -0.39 is 23.8 Å². The van der Waals surface area contributed by atoms with Gasteiger partial charge in [-0.3, -0.25) is 9.59 Å². The minimum Gasteiger partial charge on any atom is -0.481 e. The van der Waals surface area contributed by atoms with Gasteiger partial charge in [0.15, 0.2) is 0 Å². The average molecular weight is 250 g/mol. The lowest BCUT2D eigenvalue weighted by molar-refractivity contribution is -0.155. The van der Waals surface area contributed by atoms with Crippen LogP contribution in [0.1, 0.15) is 25.7 Å². The van der Waals surface area contributed by atoms with Gasteiger partial charge in [-0.2, -0.15) is 0 Å². The van der Waals surface area contributed by atoms with Crippen LogP contribution < -0.4 is 0 Å². The molecule has 1 aliphatic rings. The van der Waals surface area contributed by atoms with Gasteiger partial charge in [0.25, 0.3) is 0 Å². The molecule has 0 saturated heterocycles. The van der Waals surface area contributed by atoms with Crippen molar-refractivity contribution in [2.24, 2.45) is 11.8 Å². The quantitative estimate of drug-likeness (QED) is 0.846. The van der Waals surface area contributed by atoms with Crippen molar-refractivity contribution in [2.45, 2.75) is 25.7 Å². The SMILES string of the molecule is O=C(O)C1CCCC[C@H]1C(=O)O.c1ccccc1. The van der Waals surface area contributed by atoms with Gasteiger partial charge in [0.1, 0.15) is 0 Å². The summed E-state index contributed by atoms with van der Waals surface area (Å²) in [7, 11) is 0. The molecule has 4 nitrogen and oxygen atoms in total. The fourth-order valence-electron chi connectivity index (χ4n) is 2.11. The fraction of sp³-hybridized carbons (Fsp3) is 0.429. The van der Waals surface area contributed by atoms with Gasteiger partial charge in [-0.05, 0) is 12.8 Å². The van der Waals surface area contributed by atoms with Crippen LogP contribution in [-0.4, -0.2) is 22.2 Å². The lowest BCUT2D eigenvalue weighted by Gasteiger charge is -2.24. The van der Waals surface area contributed by atoms with Crippen LogP contribution in [0, 0.1) is 11.8 Å². The van der Waals surface area contributed by atoms with Gasteiger partial charge >= 0.3 is 11.9 Å². The maximum absolute atomic E-state index is 10.6. The van der Waals surface area contributed by atoms with Crippen LogP contribution in [0.25, 0.3) is 0 Å². The zero-order valence-corrected chi connectivity index (χ0v) is 10.2. The smallest absolute Gasteiger partial charge is 0.307 e. The number of hydrogen-bond donors (Lipinski definition) is 2. The predicted octanol–water partition coefficient (Wildman–Crippen LogP) is 2.65. The fourth-order valence-corrected chi connectivity index (χ4v) is 2.11. The molecular formula is C14H18O4. The van der Waals surface area contributed by atoms with Gasteiger partial charge in [-0.15, -0.1) is 0 Å². The van der Waals surface area contributed by atoms with Gasteiger partial charge in [0.05, 0.1) is 11.8 Å². The first-order valence-corrected chi connectivity index (χ1v) is 6.08. The summed E-state index contributed by atoms with van der Waals surface area (Å²) in [6.07, 6.45) is 2.68. The highest BCUT2D eigenvalue weighted by atomic mass is 16.4. The molecule has 4 heteroatoms. The number of aliphatic carboxylic acids is 2. The molecule has 0 bridgehead atoms. The van der Waals surface area contributed by atoms with E-state index in [4.69, 9.17) is 10.2 Å². The standard InChI is InChI=1S/C8H12O4.C6H6/c9-7(10)5-3-1-2-4-6(5)8(11)12;1-2-4-6-5-3-1/h5-6H,1-4H2,(H,9,10)(H,11,12);1-6H/t5-,6?;/m1./s1. The van der Waals surface area contributed by atoms with E-state index in [1.165, 1.54) is 0 Å². The van der Waals surface area contributed by atoms with E-state index >= 15 is 0 Å². The maximum atomic E-state index is 10.6. The molecule has 0 spiro atoms. The predicted molar refractivity (Wildman–Crippen MR) is 67.2 cm³/mol. The minimum absolute atomic E-state index is 0.506. The summed E-state index contributed by atoms with van der Waals surface area (Å²) in [5, 5.41) is 17.4. The van der Waals surface area contributed by atoms with Crippen molar-refractivity contribution in [3.63, 3.8) is 0 Å². The van der Waals surface area contributed by atoms with E-state index in [2.05, 4.69) is 0 Å². The first kappa shape index (κ1) is 14.2. The molecule has 0 aromatic heterocycles. The average Bonchev–Trinajstić information content (AvgIpc) is 2.41. The molecule has 2 rings (SSSR count). The normalized spacial score (nSPS) is 22.4. The molecule has 0 heterocycles. The largest absolute Gasteiger partial charge is 0.481 e. The third-order valence-corrected chi connectivity index (χ3v) is 3.07. The summed E-state index contributed by atoms with van der Waals surface area (Å²) in [6, 6.07) is 12.0. The van der Waals surface area contributed by atoms with Crippen LogP contribution in [0.4, 0.5) is 0 Å². The molecule has 1 fully saturated rings. The van der Waals surface area contributed by atoms with Crippen molar-refractivity contribution < 1.29 is 19.8 Å². The first-order valence-electron chi connectivity index (χ1n) is 6.08. The molecule has 18 heavy (non-hydrogen) atoms.